The smallest absolute Gasteiger partial charge is 0.320 e. The summed E-state index contributed by atoms with van der Waals surface area (Å²) in [6.07, 6.45) is 0. The van der Waals surface area contributed by atoms with Crippen molar-refractivity contribution in [1.29, 1.82) is 0 Å². The molecule has 22 heavy (non-hydrogen) atoms. The van der Waals surface area contributed by atoms with Crippen LogP contribution in [0.25, 0.3) is 0 Å². The van der Waals surface area contributed by atoms with Gasteiger partial charge in [0, 0.05) is 10.6 Å². The van der Waals surface area contributed by atoms with Crippen molar-refractivity contribution in [3.8, 4) is 0 Å². The van der Waals surface area contributed by atoms with Crippen LogP contribution in [0, 0.1) is 6.92 Å². The lowest BCUT2D eigenvalue weighted by Crippen LogP contribution is -2.32. The van der Waals surface area contributed by atoms with E-state index in [1.807, 2.05) is 60.1 Å². The van der Waals surface area contributed by atoms with Gasteiger partial charge in [0.15, 0.2) is 0 Å². The lowest BCUT2D eigenvalue weighted by molar-refractivity contribution is 0.250. The molecule has 0 aliphatic heterocycles. The number of aryl methyl sites for hydroxylation is 1. The lowest BCUT2D eigenvalue weighted by atomic mass is 10.1. The van der Waals surface area contributed by atoms with E-state index in [9.17, 15) is 4.79 Å². The molecule has 3 aromatic rings. The normalized spacial score (nSPS) is 11.9. The number of benzene rings is 1. The van der Waals surface area contributed by atoms with E-state index in [4.69, 9.17) is 0 Å². The summed E-state index contributed by atoms with van der Waals surface area (Å²) in [4.78, 5) is 13.5. The van der Waals surface area contributed by atoms with Crippen molar-refractivity contribution in [1.82, 2.24) is 5.32 Å². The fourth-order valence-electron chi connectivity index (χ4n) is 2.22. The Hall–Kier alpha value is -2.11. The molecule has 0 radical (unpaired) electrons. The average Bonchev–Trinajstić information content (AvgIpc) is 3.21. The van der Waals surface area contributed by atoms with Crippen molar-refractivity contribution < 1.29 is 4.79 Å². The summed E-state index contributed by atoms with van der Waals surface area (Å²) in [6.45, 7) is 1.98. The van der Waals surface area contributed by atoms with Crippen LogP contribution in [0.3, 0.4) is 0 Å². The Labute approximate surface area is 137 Å². The summed E-state index contributed by atoms with van der Waals surface area (Å²) in [6, 6.07) is 13.5. The molecule has 2 heterocycles. The van der Waals surface area contributed by atoms with Gasteiger partial charge in [-0.15, -0.1) is 11.3 Å². The van der Waals surface area contributed by atoms with E-state index in [1.165, 1.54) is 0 Å². The van der Waals surface area contributed by atoms with Crippen LogP contribution in [-0.4, -0.2) is 6.03 Å². The fraction of sp³-hybridized carbons (Fsp3) is 0.118. The summed E-state index contributed by atoms with van der Waals surface area (Å²) in [5.74, 6) is 0. The molecule has 1 unspecified atom stereocenters. The topological polar surface area (TPSA) is 41.1 Å². The highest BCUT2D eigenvalue weighted by atomic mass is 32.1. The number of amides is 2. The highest BCUT2D eigenvalue weighted by Crippen LogP contribution is 2.27. The molecule has 0 bridgehead atoms. The molecule has 5 heteroatoms. The van der Waals surface area contributed by atoms with Crippen LogP contribution >= 0.6 is 22.7 Å². The summed E-state index contributed by atoms with van der Waals surface area (Å²) >= 11 is 3.27. The van der Waals surface area contributed by atoms with Gasteiger partial charge < -0.3 is 10.6 Å². The van der Waals surface area contributed by atoms with Gasteiger partial charge in [-0.05, 0) is 52.4 Å². The van der Waals surface area contributed by atoms with Gasteiger partial charge in [-0.3, -0.25) is 0 Å². The maximum absolute atomic E-state index is 12.4. The molecule has 0 fully saturated rings. The van der Waals surface area contributed by atoms with E-state index < -0.39 is 0 Å². The van der Waals surface area contributed by atoms with Gasteiger partial charge in [0.2, 0.25) is 0 Å². The molecule has 2 amide bonds. The zero-order valence-electron chi connectivity index (χ0n) is 12.1. The number of anilines is 1. The van der Waals surface area contributed by atoms with E-state index in [0.29, 0.717) is 0 Å². The molecule has 2 aromatic heterocycles. The van der Waals surface area contributed by atoms with Gasteiger partial charge in [0.1, 0.15) is 0 Å². The van der Waals surface area contributed by atoms with Gasteiger partial charge in [-0.25, -0.2) is 4.79 Å². The highest BCUT2D eigenvalue weighted by molar-refractivity contribution is 7.10. The molecular weight excluding hydrogens is 312 g/mol. The largest absolute Gasteiger partial charge is 0.326 e. The summed E-state index contributed by atoms with van der Waals surface area (Å²) in [7, 11) is 0. The monoisotopic (exact) mass is 328 g/mol. The second kappa shape index (κ2) is 6.77. The van der Waals surface area contributed by atoms with Crippen LogP contribution in [0.2, 0.25) is 0 Å². The average molecular weight is 328 g/mol. The SMILES string of the molecule is Cc1ccccc1NC(=O)NC(c1ccsc1)c1cccs1. The van der Waals surface area contributed by atoms with E-state index in [0.717, 1.165) is 21.7 Å². The van der Waals surface area contributed by atoms with Gasteiger partial charge in [0.05, 0.1) is 6.04 Å². The number of carbonyl (C=O) groups is 1. The number of hydrogen-bond acceptors (Lipinski definition) is 3. The van der Waals surface area contributed by atoms with Gasteiger partial charge in [-0.1, -0.05) is 24.3 Å². The van der Waals surface area contributed by atoms with Crippen molar-refractivity contribution in [2.45, 2.75) is 13.0 Å². The minimum atomic E-state index is -0.195. The summed E-state index contributed by atoms with van der Waals surface area (Å²) < 4.78 is 0. The number of thiophene rings is 2. The van der Waals surface area contributed by atoms with Crippen LogP contribution in [0.1, 0.15) is 22.0 Å². The number of rotatable bonds is 4. The predicted octanol–water partition coefficient (Wildman–Crippen LogP) is 5.03. The lowest BCUT2D eigenvalue weighted by Gasteiger charge is -2.17. The molecule has 0 aliphatic carbocycles. The number of nitrogens with one attached hydrogen (secondary N) is 2. The Balaban J connectivity index is 1.77. The molecule has 112 valence electrons. The molecule has 2 N–H and O–H groups in total. The van der Waals surface area contributed by atoms with Crippen LogP contribution in [0.5, 0.6) is 0 Å². The molecule has 0 aliphatic rings. The third-order valence-corrected chi connectivity index (χ3v) is 5.01. The van der Waals surface area contributed by atoms with Crippen molar-refractivity contribution in [2.75, 3.05) is 5.32 Å². The number of hydrogen-bond donors (Lipinski definition) is 2. The Bertz CT molecular complexity index is 702. The second-order valence-corrected chi connectivity index (χ2v) is 6.68. The zero-order chi connectivity index (χ0) is 15.4. The van der Waals surface area contributed by atoms with Gasteiger partial charge in [-0.2, -0.15) is 11.3 Å². The molecule has 3 nitrogen and oxygen atoms in total. The molecule has 0 saturated heterocycles. The Morgan fingerprint density at radius 1 is 1.09 bits per heavy atom. The van der Waals surface area contributed by atoms with E-state index >= 15 is 0 Å². The first-order valence-electron chi connectivity index (χ1n) is 6.92. The van der Waals surface area contributed by atoms with Crippen molar-refractivity contribution >= 4 is 34.4 Å². The summed E-state index contributed by atoms with van der Waals surface area (Å²) in [5.41, 5.74) is 2.98. The first-order valence-corrected chi connectivity index (χ1v) is 8.75. The number of para-hydroxylation sites is 1. The van der Waals surface area contributed by atoms with Crippen molar-refractivity contribution in [3.05, 3.63) is 74.6 Å². The zero-order valence-corrected chi connectivity index (χ0v) is 13.7. The Kier molecular flexibility index (Phi) is 4.56. The molecular formula is C17H16N2OS2. The van der Waals surface area contributed by atoms with Crippen LogP contribution in [0.15, 0.2) is 58.6 Å². The Morgan fingerprint density at radius 3 is 2.64 bits per heavy atom. The maximum Gasteiger partial charge on any atom is 0.320 e. The van der Waals surface area contributed by atoms with Crippen LogP contribution in [0.4, 0.5) is 10.5 Å². The first-order chi connectivity index (χ1) is 10.7. The highest BCUT2D eigenvalue weighted by Gasteiger charge is 2.18. The molecule has 1 atom stereocenters. The molecule has 3 rings (SSSR count). The second-order valence-electron chi connectivity index (χ2n) is 4.92. The Morgan fingerprint density at radius 2 is 1.95 bits per heavy atom. The summed E-state index contributed by atoms with van der Waals surface area (Å²) in [5, 5.41) is 12.1. The van der Waals surface area contributed by atoms with Crippen LogP contribution in [-0.2, 0) is 0 Å². The quantitative estimate of drug-likeness (QED) is 0.693. The van der Waals surface area contributed by atoms with Gasteiger partial charge >= 0.3 is 6.03 Å². The predicted molar refractivity (Wildman–Crippen MR) is 93.8 cm³/mol. The van der Waals surface area contributed by atoms with Gasteiger partial charge in [0.25, 0.3) is 0 Å². The van der Waals surface area contributed by atoms with E-state index in [-0.39, 0.29) is 12.1 Å². The fourth-order valence-corrected chi connectivity index (χ4v) is 3.70. The molecule has 1 aromatic carbocycles. The van der Waals surface area contributed by atoms with E-state index in [1.54, 1.807) is 22.7 Å². The third-order valence-electron chi connectivity index (χ3n) is 3.37. The minimum Gasteiger partial charge on any atom is -0.326 e. The van der Waals surface area contributed by atoms with Crippen molar-refractivity contribution in [2.24, 2.45) is 0 Å². The van der Waals surface area contributed by atoms with E-state index in [2.05, 4.69) is 16.0 Å². The number of urea groups is 1. The van der Waals surface area contributed by atoms with Crippen LogP contribution < -0.4 is 10.6 Å². The first kappa shape index (κ1) is 14.8. The third kappa shape index (κ3) is 3.37. The molecule has 0 spiro atoms. The van der Waals surface area contributed by atoms with Crippen molar-refractivity contribution in [3.63, 3.8) is 0 Å². The molecule has 0 saturated carbocycles. The minimum absolute atomic E-state index is 0.115. The number of carbonyl (C=O) groups excluding carboxylic acids is 1. The maximum atomic E-state index is 12.4. The standard InChI is InChI=1S/C17H16N2OS2/c1-12-5-2-3-6-14(12)18-17(20)19-16(13-8-10-21-11-13)15-7-4-9-22-15/h2-11,16H,1H3,(H2,18,19,20).